The Kier molecular flexibility index (Phi) is 2.31. The van der Waals surface area contributed by atoms with Gasteiger partial charge in [-0.2, -0.15) is 15.4 Å². The van der Waals surface area contributed by atoms with Gasteiger partial charge in [-0.15, -0.1) is 0 Å². The molecule has 0 amide bonds. The standard InChI is InChI=1S/C12H11N5/c13-12(11-7-15-17-16-11)9-3-1-5-10-8(9)4-2-6-14-10/h1-7,12H,13H2,(H,15,16,17). The minimum absolute atomic E-state index is 0.290. The van der Waals surface area contributed by atoms with Crippen LogP contribution in [0.1, 0.15) is 17.3 Å². The first kappa shape index (κ1) is 9.92. The number of nitrogens with zero attached hydrogens (tertiary/aromatic N) is 3. The zero-order chi connectivity index (χ0) is 11.7. The van der Waals surface area contributed by atoms with Gasteiger partial charge in [-0.05, 0) is 17.7 Å². The Morgan fingerprint density at radius 3 is 2.94 bits per heavy atom. The van der Waals surface area contributed by atoms with E-state index in [4.69, 9.17) is 5.73 Å². The minimum atomic E-state index is -0.290. The van der Waals surface area contributed by atoms with Crippen LogP contribution in [0.25, 0.3) is 10.9 Å². The molecule has 5 nitrogen and oxygen atoms in total. The number of H-pyrrole nitrogens is 1. The van der Waals surface area contributed by atoms with Crippen molar-refractivity contribution >= 4 is 10.9 Å². The van der Waals surface area contributed by atoms with Gasteiger partial charge < -0.3 is 5.73 Å². The van der Waals surface area contributed by atoms with E-state index in [0.717, 1.165) is 22.2 Å². The zero-order valence-electron chi connectivity index (χ0n) is 9.04. The molecule has 0 radical (unpaired) electrons. The molecule has 2 heterocycles. The van der Waals surface area contributed by atoms with Gasteiger partial charge in [-0.25, -0.2) is 0 Å². The lowest BCUT2D eigenvalue weighted by atomic mass is 10.00. The van der Waals surface area contributed by atoms with Crippen molar-refractivity contribution in [3.05, 3.63) is 54.0 Å². The normalized spacial score (nSPS) is 12.8. The molecule has 84 valence electrons. The van der Waals surface area contributed by atoms with E-state index in [1.165, 1.54) is 0 Å². The van der Waals surface area contributed by atoms with Crippen molar-refractivity contribution in [3.8, 4) is 0 Å². The number of nitrogens with one attached hydrogen (secondary N) is 1. The monoisotopic (exact) mass is 225 g/mol. The summed E-state index contributed by atoms with van der Waals surface area (Å²) in [5.74, 6) is 0. The highest BCUT2D eigenvalue weighted by atomic mass is 15.3. The van der Waals surface area contributed by atoms with E-state index in [0.29, 0.717) is 0 Å². The van der Waals surface area contributed by atoms with Gasteiger partial charge in [-0.3, -0.25) is 4.98 Å². The van der Waals surface area contributed by atoms with Crippen LogP contribution in [-0.2, 0) is 0 Å². The lowest BCUT2D eigenvalue weighted by Gasteiger charge is -2.11. The highest BCUT2D eigenvalue weighted by Gasteiger charge is 2.14. The summed E-state index contributed by atoms with van der Waals surface area (Å²) in [6.07, 6.45) is 3.41. The SMILES string of the molecule is NC(c1cn[nH]n1)c1cccc2ncccc12. The van der Waals surface area contributed by atoms with Gasteiger partial charge in [-0.1, -0.05) is 18.2 Å². The molecule has 1 unspecified atom stereocenters. The Morgan fingerprint density at radius 1 is 1.18 bits per heavy atom. The van der Waals surface area contributed by atoms with E-state index in [9.17, 15) is 0 Å². The van der Waals surface area contributed by atoms with Crippen LogP contribution in [0.5, 0.6) is 0 Å². The molecule has 2 aromatic heterocycles. The van der Waals surface area contributed by atoms with Crippen LogP contribution in [0.3, 0.4) is 0 Å². The number of hydrogen-bond acceptors (Lipinski definition) is 4. The molecule has 5 heteroatoms. The van der Waals surface area contributed by atoms with Gasteiger partial charge in [0.15, 0.2) is 0 Å². The van der Waals surface area contributed by atoms with Crippen molar-refractivity contribution in [2.24, 2.45) is 5.73 Å². The highest BCUT2D eigenvalue weighted by molar-refractivity contribution is 5.82. The molecule has 3 aromatic rings. The van der Waals surface area contributed by atoms with Crippen LogP contribution >= 0.6 is 0 Å². The van der Waals surface area contributed by atoms with Crippen LogP contribution in [0.15, 0.2) is 42.7 Å². The van der Waals surface area contributed by atoms with Gasteiger partial charge in [0.1, 0.15) is 5.69 Å². The Morgan fingerprint density at radius 2 is 2.12 bits per heavy atom. The molecule has 0 bridgehead atoms. The van der Waals surface area contributed by atoms with Gasteiger partial charge in [0.05, 0.1) is 17.8 Å². The summed E-state index contributed by atoms with van der Waals surface area (Å²) in [4.78, 5) is 4.31. The molecule has 0 saturated heterocycles. The van der Waals surface area contributed by atoms with Gasteiger partial charge in [0.25, 0.3) is 0 Å². The Labute approximate surface area is 97.7 Å². The molecule has 0 spiro atoms. The highest BCUT2D eigenvalue weighted by Crippen LogP contribution is 2.24. The molecule has 0 fully saturated rings. The van der Waals surface area contributed by atoms with Crippen LogP contribution in [0.4, 0.5) is 0 Å². The minimum Gasteiger partial charge on any atom is -0.319 e. The topological polar surface area (TPSA) is 80.5 Å². The first-order chi connectivity index (χ1) is 8.36. The fourth-order valence-corrected chi connectivity index (χ4v) is 1.92. The Balaban J connectivity index is 2.17. The van der Waals surface area contributed by atoms with Gasteiger partial charge in [0.2, 0.25) is 0 Å². The third-order valence-corrected chi connectivity index (χ3v) is 2.77. The first-order valence-corrected chi connectivity index (χ1v) is 5.31. The van der Waals surface area contributed by atoms with Crippen molar-refractivity contribution < 1.29 is 0 Å². The number of aromatic nitrogens is 4. The van der Waals surface area contributed by atoms with Crippen molar-refractivity contribution in [1.82, 2.24) is 20.4 Å². The summed E-state index contributed by atoms with van der Waals surface area (Å²) in [5.41, 5.74) is 8.84. The average Bonchev–Trinajstić information content (AvgIpc) is 2.91. The lowest BCUT2D eigenvalue weighted by molar-refractivity contribution is 0.815. The van der Waals surface area contributed by atoms with Crippen molar-refractivity contribution in [2.45, 2.75) is 6.04 Å². The number of hydrogen-bond donors (Lipinski definition) is 2. The van der Waals surface area contributed by atoms with Crippen LogP contribution in [0.2, 0.25) is 0 Å². The molecular formula is C12H11N5. The average molecular weight is 225 g/mol. The molecule has 1 atom stereocenters. The predicted molar refractivity (Wildman–Crippen MR) is 64.2 cm³/mol. The maximum atomic E-state index is 6.18. The van der Waals surface area contributed by atoms with E-state index >= 15 is 0 Å². The smallest absolute Gasteiger partial charge is 0.104 e. The zero-order valence-corrected chi connectivity index (χ0v) is 9.04. The molecular weight excluding hydrogens is 214 g/mol. The number of rotatable bonds is 2. The number of aromatic amines is 1. The summed E-state index contributed by atoms with van der Waals surface area (Å²) in [7, 11) is 0. The Hall–Kier alpha value is -2.27. The molecule has 0 aliphatic rings. The van der Waals surface area contributed by atoms with Crippen molar-refractivity contribution in [3.63, 3.8) is 0 Å². The quantitative estimate of drug-likeness (QED) is 0.690. The van der Waals surface area contributed by atoms with E-state index in [2.05, 4.69) is 20.4 Å². The van der Waals surface area contributed by atoms with Crippen LogP contribution < -0.4 is 5.73 Å². The number of nitrogens with two attached hydrogens (primary N) is 1. The largest absolute Gasteiger partial charge is 0.319 e. The summed E-state index contributed by atoms with van der Waals surface area (Å²) in [6, 6.07) is 9.53. The third kappa shape index (κ3) is 1.66. The number of fused-ring (bicyclic) bond motifs is 1. The summed E-state index contributed by atoms with van der Waals surface area (Å²) in [6.45, 7) is 0. The predicted octanol–water partition coefficient (Wildman–Crippen LogP) is 1.40. The fraction of sp³-hybridized carbons (Fsp3) is 0.0833. The molecule has 0 aliphatic carbocycles. The van der Waals surface area contributed by atoms with Crippen molar-refractivity contribution in [1.29, 1.82) is 0 Å². The second kappa shape index (κ2) is 3.95. The maximum absolute atomic E-state index is 6.18. The molecule has 1 aromatic carbocycles. The molecule has 0 aliphatic heterocycles. The summed E-state index contributed by atoms with van der Waals surface area (Å²) < 4.78 is 0. The maximum Gasteiger partial charge on any atom is 0.104 e. The molecule has 3 N–H and O–H groups in total. The molecule has 0 saturated carbocycles. The van der Waals surface area contributed by atoms with Crippen molar-refractivity contribution in [2.75, 3.05) is 0 Å². The lowest BCUT2D eigenvalue weighted by Crippen LogP contribution is -2.12. The van der Waals surface area contributed by atoms with Crippen LogP contribution in [-0.4, -0.2) is 20.4 Å². The van der Waals surface area contributed by atoms with E-state index in [1.807, 2.05) is 30.3 Å². The molecule has 17 heavy (non-hydrogen) atoms. The van der Waals surface area contributed by atoms with Crippen LogP contribution in [0, 0.1) is 0 Å². The van der Waals surface area contributed by atoms with E-state index in [-0.39, 0.29) is 6.04 Å². The second-order valence-electron chi connectivity index (χ2n) is 3.79. The van der Waals surface area contributed by atoms with Gasteiger partial charge in [0, 0.05) is 11.6 Å². The third-order valence-electron chi connectivity index (χ3n) is 2.77. The summed E-state index contributed by atoms with van der Waals surface area (Å²) >= 11 is 0. The Bertz CT molecular complexity index is 627. The fourth-order valence-electron chi connectivity index (χ4n) is 1.92. The molecule has 3 rings (SSSR count). The summed E-state index contributed by atoms with van der Waals surface area (Å²) in [5, 5.41) is 11.4. The van der Waals surface area contributed by atoms with Gasteiger partial charge >= 0.3 is 0 Å². The first-order valence-electron chi connectivity index (χ1n) is 5.31. The van der Waals surface area contributed by atoms with E-state index < -0.39 is 0 Å². The second-order valence-corrected chi connectivity index (χ2v) is 3.79. The number of benzene rings is 1. The number of pyridine rings is 1. The van der Waals surface area contributed by atoms with E-state index in [1.54, 1.807) is 12.4 Å².